The Balaban J connectivity index is 2.09. The van der Waals surface area contributed by atoms with Crippen molar-refractivity contribution in [3.8, 4) is 0 Å². The largest absolute Gasteiger partial charge is 0.478 e. The lowest BCUT2D eigenvalue weighted by atomic mass is 9.93. The molecule has 0 aromatic heterocycles. The maximum Gasteiger partial charge on any atom is 0.335 e. The van der Waals surface area contributed by atoms with Crippen molar-refractivity contribution in [2.24, 2.45) is 5.92 Å². The minimum absolute atomic E-state index is 0.330. The Bertz CT molecular complexity index is 475. The zero-order valence-electron chi connectivity index (χ0n) is 11.4. The van der Waals surface area contributed by atoms with Crippen LogP contribution < -0.4 is 0 Å². The molecule has 2 rings (SSSR count). The van der Waals surface area contributed by atoms with Crippen LogP contribution in [0.4, 0.5) is 0 Å². The van der Waals surface area contributed by atoms with Gasteiger partial charge in [0.15, 0.2) is 0 Å². The number of carbonyl (C=O) groups is 1. The molecular formula is C15H20BrNO2. The Labute approximate surface area is 122 Å². The van der Waals surface area contributed by atoms with E-state index in [1.54, 1.807) is 12.1 Å². The van der Waals surface area contributed by atoms with Gasteiger partial charge in [0.2, 0.25) is 0 Å². The highest BCUT2D eigenvalue weighted by atomic mass is 79.9. The summed E-state index contributed by atoms with van der Waals surface area (Å²) in [6, 6.07) is 5.88. The van der Waals surface area contributed by atoms with Crippen molar-refractivity contribution in [3.63, 3.8) is 0 Å². The molecule has 0 aliphatic carbocycles. The summed E-state index contributed by atoms with van der Waals surface area (Å²) in [6.45, 7) is 6.59. The number of hydrogen-bond acceptors (Lipinski definition) is 2. The van der Waals surface area contributed by atoms with Crippen LogP contribution in [-0.2, 0) is 6.54 Å². The molecule has 1 N–H and O–H groups in total. The maximum absolute atomic E-state index is 10.9. The highest BCUT2D eigenvalue weighted by Gasteiger charge is 2.23. The van der Waals surface area contributed by atoms with Gasteiger partial charge in [0.05, 0.1) is 5.56 Å². The lowest BCUT2D eigenvalue weighted by Gasteiger charge is -2.36. The first-order valence-corrected chi connectivity index (χ1v) is 7.52. The number of likely N-dealkylation sites (tertiary alicyclic amines) is 1. The van der Waals surface area contributed by atoms with Gasteiger partial charge in [0.25, 0.3) is 0 Å². The first-order valence-electron chi connectivity index (χ1n) is 6.73. The number of benzene rings is 1. The van der Waals surface area contributed by atoms with Gasteiger partial charge in [0, 0.05) is 17.1 Å². The number of carboxylic acid groups (broad SMARTS) is 1. The average molecular weight is 326 g/mol. The third-order valence-corrected chi connectivity index (χ3v) is 4.69. The third-order valence-electron chi connectivity index (χ3n) is 3.95. The Hall–Kier alpha value is -0.870. The Morgan fingerprint density at radius 3 is 2.79 bits per heavy atom. The van der Waals surface area contributed by atoms with E-state index >= 15 is 0 Å². The lowest BCUT2D eigenvalue weighted by molar-refractivity contribution is 0.0696. The smallest absolute Gasteiger partial charge is 0.335 e. The van der Waals surface area contributed by atoms with Gasteiger partial charge in [-0.2, -0.15) is 0 Å². The maximum atomic E-state index is 10.9. The van der Waals surface area contributed by atoms with Crippen LogP contribution in [0.2, 0.25) is 0 Å². The molecule has 1 heterocycles. The van der Waals surface area contributed by atoms with E-state index in [0.717, 1.165) is 29.0 Å². The van der Waals surface area contributed by atoms with Crippen molar-refractivity contribution >= 4 is 21.9 Å². The summed E-state index contributed by atoms with van der Waals surface area (Å²) in [5.74, 6) is -0.0727. The molecule has 19 heavy (non-hydrogen) atoms. The van der Waals surface area contributed by atoms with Crippen molar-refractivity contribution in [3.05, 3.63) is 33.8 Å². The second-order valence-electron chi connectivity index (χ2n) is 5.56. The van der Waals surface area contributed by atoms with Crippen molar-refractivity contribution in [1.29, 1.82) is 0 Å². The van der Waals surface area contributed by atoms with E-state index in [2.05, 4.69) is 34.7 Å². The number of piperidine rings is 1. The summed E-state index contributed by atoms with van der Waals surface area (Å²) < 4.78 is 0.887. The van der Waals surface area contributed by atoms with Crippen LogP contribution in [0, 0.1) is 5.92 Å². The molecule has 0 amide bonds. The predicted octanol–water partition coefficient (Wildman–Crippen LogP) is 3.77. The van der Waals surface area contributed by atoms with Crippen LogP contribution >= 0.6 is 15.9 Å². The summed E-state index contributed by atoms with van der Waals surface area (Å²) >= 11 is 3.48. The predicted molar refractivity (Wildman–Crippen MR) is 79.4 cm³/mol. The standard InChI is InChI=1S/C15H20BrNO2/c1-10-5-6-17(11(2)7-10)9-13-4-3-12(15(18)19)8-14(13)16/h3-4,8,10-11H,5-7,9H2,1-2H3,(H,18,19). The van der Waals surface area contributed by atoms with Gasteiger partial charge in [-0.1, -0.05) is 28.9 Å². The molecule has 1 saturated heterocycles. The van der Waals surface area contributed by atoms with Gasteiger partial charge in [0.1, 0.15) is 0 Å². The normalized spacial score (nSPS) is 24.4. The van der Waals surface area contributed by atoms with Crippen LogP contribution in [-0.4, -0.2) is 28.6 Å². The molecule has 1 aromatic rings. The zero-order valence-corrected chi connectivity index (χ0v) is 13.0. The minimum Gasteiger partial charge on any atom is -0.478 e. The molecule has 0 spiro atoms. The minimum atomic E-state index is -0.882. The molecule has 2 unspecified atom stereocenters. The summed E-state index contributed by atoms with van der Waals surface area (Å²) in [6.07, 6.45) is 2.49. The van der Waals surface area contributed by atoms with E-state index in [-0.39, 0.29) is 0 Å². The van der Waals surface area contributed by atoms with E-state index in [1.165, 1.54) is 12.8 Å². The fourth-order valence-electron chi connectivity index (χ4n) is 2.72. The molecule has 104 valence electrons. The summed E-state index contributed by atoms with van der Waals surface area (Å²) in [4.78, 5) is 13.4. The van der Waals surface area contributed by atoms with Crippen LogP contribution in [0.25, 0.3) is 0 Å². The summed E-state index contributed by atoms with van der Waals surface area (Å²) in [5, 5.41) is 8.96. The van der Waals surface area contributed by atoms with Crippen LogP contribution in [0.3, 0.4) is 0 Å². The van der Waals surface area contributed by atoms with Gasteiger partial charge >= 0.3 is 5.97 Å². The monoisotopic (exact) mass is 325 g/mol. The first-order chi connectivity index (χ1) is 8.97. The van der Waals surface area contributed by atoms with Crippen LogP contribution in [0.5, 0.6) is 0 Å². The van der Waals surface area contributed by atoms with Crippen molar-refractivity contribution in [2.75, 3.05) is 6.54 Å². The SMILES string of the molecule is CC1CCN(Cc2ccc(C(=O)O)cc2Br)C(C)C1. The number of aromatic carboxylic acids is 1. The Morgan fingerprint density at radius 1 is 1.47 bits per heavy atom. The molecule has 2 atom stereocenters. The zero-order chi connectivity index (χ0) is 14.0. The molecule has 0 radical (unpaired) electrons. The van der Waals surface area contributed by atoms with E-state index in [9.17, 15) is 4.79 Å². The van der Waals surface area contributed by atoms with Gasteiger partial charge in [-0.05, 0) is 49.9 Å². The number of hydrogen-bond donors (Lipinski definition) is 1. The molecular weight excluding hydrogens is 306 g/mol. The van der Waals surface area contributed by atoms with Crippen LogP contribution in [0.15, 0.2) is 22.7 Å². The van der Waals surface area contributed by atoms with Gasteiger partial charge in [-0.25, -0.2) is 4.79 Å². The van der Waals surface area contributed by atoms with E-state index in [1.807, 2.05) is 6.07 Å². The second-order valence-corrected chi connectivity index (χ2v) is 6.41. The van der Waals surface area contributed by atoms with Gasteiger partial charge in [-0.15, -0.1) is 0 Å². The fourth-order valence-corrected chi connectivity index (χ4v) is 3.22. The van der Waals surface area contributed by atoms with E-state index in [0.29, 0.717) is 11.6 Å². The average Bonchev–Trinajstić information content (AvgIpc) is 2.34. The Morgan fingerprint density at radius 2 is 2.21 bits per heavy atom. The first kappa shape index (κ1) is 14.5. The molecule has 3 nitrogen and oxygen atoms in total. The van der Waals surface area contributed by atoms with Crippen LogP contribution in [0.1, 0.15) is 42.6 Å². The highest BCUT2D eigenvalue weighted by molar-refractivity contribution is 9.10. The highest BCUT2D eigenvalue weighted by Crippen LogP contribution is 2.26. The number of nitrogens with zero attached hydrogens (tertiary/aromatic N) is 1. The number of halogens is 1. The molecule has 1 aliphatic heterocycles. The van der Waals surface area contributed by atoms with E-state index in [4.69, 9.17) is 5.11 Å². The number of carboxylic acids is 1. The molecule has 4 heteroatoms. The summed E-state index contributed by atoms with van der Waals surface area (Å²) in [5.41, 5.74) is 1.49. The molecule has 1 aromatic carbocycles. The Kier molecular flexibility index (Phi) is 4.63. The van der Waals surface area contributed by atoms with Crippen molar-refractivity contribution < 1.29 is 9.90 Å². The third kappa shape index (κ3) is 3.57. The van der Waals surface area contributed by atoms with E-state index < -0.39 is 5.97 Å². The quantitative estimate of drug-likeness (QED) is 0.919. The summed E-state index contributed by atoms with van der Waals surface area (Å²) in [7, 11) is 0. The molecule has 1 fully saturated rings. The second kappa shape index (κ2) is 6.06. The van der Waals surface area contributed by atoms with Crippen molar-refractivity contribution in [2.45, 2.75) is 39.3 Å². The lowest BCUT2D eigenvalue weighted by Crippen LogP contribution is -2.39. The fraction of sp³-hybridized carbons (Fsp3) is 0.533. The number of rotatable bonds is 3. The molecule has 0 bridgehead atoms. The van der Waals surface area contributed by atoms with Gasteiger partial charge in [-0.3, -0.25) is 4.90 Å². The topological polar surface area (TPSA) is 40.5 Å². The van der Waals surface area contributed by atoms with Gasteiger partial charge < -0.3 is 5.11 Å². The molecule has 0 saturated carbocycles. The molecule has 1 aliphatic rings. The van der Waals surface area contributed by atoms with Crippen molar-refractivity contribution in [1.82, 2.24) is 4.90 Å².